The Morgan fingerprint density at radius 1 is 0.321 bits per heavy atom. The van der Waals surface area contributed by atoms with Crippen LogP contribution >= 0.6 is 0 Å². The Morgan fingerprint density at radius 3 is 0.571 bits per heavy atom. The summed E-state index contributed by atoms with van der Waals surface area (Å²) in [5.41, 5.74) is -10.2. The Labute approximate surface area is 338 Å². The normalized spacial score (nSPS) is 27.4. The van der Waals surface area contributed by atoms with Gasteiger partial charge in [-0.25, -0.2) is 19.2 Å². The first kappa shape index (κ1) is 46.4. The molecule has 322 valence electrons. The van der Waals surface area contributed by atoms with E-state index in [1.807, 2.05) is 111 Å². The van der Waals surface area contributed by atoms with Gasteiger partial charge in [0.05, 0.1) is 44.3 Å². The van der Waals surface area contributed by atoms with E-state index in [4.69, 9.17) is 19.4 Å². The third-order valence-corrected chi connectivity index (χ3v) is 14.0. The van der Waals surface area contributed by atoms with E-state index in [0.29, 0.717) is 0 Å². The molecular formula is C44H78N4O8. The maximum Gasteiger partial charge on any atom is 0.344 e. The van der Waals surface area contributed by atoms with Crippen molar-refractivity contribution in [2.45, 2.75) is 246 Å². The summed E-state index contributed by atoms with van der Waals surface area (Å²) in [6, 6.07) is 0. The molecule has 0 N–H and O–H groups in total. The van der Waals surface area contributed by atoms with Crippen molar-refractivity contribution in [3.8, 4) is 0 Å². The quantitative estimate of drug-likeness (QED) is 0.208. The largest absolute Gasteiger partial charge is 0.366 e. The smallest absolute Gasteiger partial charge is 0.344 e. The summed E-state index contributed by atoms with van der Waals surface area (Å²) in [4.78, 5) is 87.4. The minimum atomic E-state index is -2.61. The number of hydrogen-bond acceptors (Lipinski definition) is 12. The minimum absolute atomic E-state index is 0.625. The van der Waals surface area contributed by atoms with Gasteiger partial charge in [-0.05, 0) is 202 Å². The summed E-state index contributed by atoms with van der Waals surface area (Å²) in [7, 11) is 0. The topological polar surface area (TPSA) is 118 Å². The molecule has 0 amide bonds. The summed E-state index contributed by atoms with van der Waals surface area (Å²) >= 11 is 0. The summed E-state index contributed by atoms with van der Waals surface area (Å²) in [6.45, 7) is 34.3. The Balaban J connectivity index is 1.98. The highest BCUT2D eigenvalue weighted by molar-refractivity contribution is 6.13. The number of hydroxylamine groups is 8. The fourth-order valence-corrected chi connectivity index (χ4v) is 10.6. The fourth-order valence-electron chi connectivity index (χ4n) is 10.6. The van der Waals surface area contributed by atoms with Crippen LogP contribution in [-0.4, -0.2) is 88.4 Å². The van der Waals surface area contributed by atoms with Crippen LogP contribution in [0.4, 0.5) is 0 Å². The lowest BCUT2D eigenvalue weighted by Gasteiger charge is -2.54. The molecule has 4 aliphatic rings. The van der Waals surface area contributed by atoms with Crippen molar-refractivity contribution in [1.29, 1.82) is 0 Å². The summed E-state index contributed by atoms with van der Waals surface area (Å²) < 4.78 is 0. The van der Waals surface area contributed by atoms with E-state index < -0.39 is 79.0 Å². The van der Waals surface area contributed by atoms with E-state index in [2.05, 4.69) is 0 Å². The van der Waals surface area contributed by atoms with Crippen molar-refractivity contribution in [2.75, 3.05) is 0 Å². The standard InChI is InChI=1S/C44H78N4O8/c1-35(2)23-19-24-36(3,4)45(35)53-31(49)43(17,32(50)54-46-37(5,6)25-20-26-38(46,7)8)44(18,33(51)55-47-39(9,10)27-21-28-40(47,11)12)34(52)56-48-41(13,14)29-22-30-42(48,15)16/h19-30H2,1-18H3. The first-order valence-corrected chi connectivity index (χ1v) is 21.2. The van der Waals surface area contributed by atoms with Crippen LogP contribution < -0.4 is 0 Å². The van der Waals surface area contributed by atoms with E-state index in [1.165, 1.54) is 13.8 Å². The van der Waals surface area contributed by atoms with Gasteiger partial charge in [-0.15, -0.1) is 20.3 Å². The number of carbonyl (C=O) groups is 4. The van der Waals surface area contributed by atoms with E-state index >= 15 is 19.2 Å². The van der Waals surface area contributed by atoms with Gasteiger partial charge in [-0.1, -0.05) is 0 Å². The molecular weight excluding hydrogens is 713 g/mol. The molecule has 4 fully saturated rings. The van der Waals surface area contributed by atoms with Crippen molar-refractivity contribution in [3.63, 3.8) is 0 Å². The summed E-state index contributed by atoms with van der Waals surface area (Å²) in [5.74, 6) is -4.37. The highest BCUT2D eigenvalue weighted by Gasteiger charge is 2.72. The van der Waals surface area contributed by atoms with Crippen molar-refractivity contribution < 1.29 is 38.5 Å². The van der Waals surface area contributed by atoms with Gasteiger partial charge in [0, 0.05) is 0 Å². The molecule has 0 bridgehead atoms. The van der Waals surface area contributed by atoms with Gasteiger partial charge < -0.3 is 19.4 Å². The van der Waals surface area contributed by atoms with Gasteiger partial charge in [0.1, 0.15) is 0 Å². The molecule has 56 heavy (non-hydrogen) atoms. The van der Waals surface area contributed by atoms with Crippen molar-refractivity contribution in [1.82, 2.24) is 20.3 Å². The van der Waals surface area contributed by atoms with Crippen LogP contribution in [-0.2, 0) is 38.5 Å². The lowest BCUT2D eigenvalue weighted by Crippen LogP contribution is -2.68. The average Bonchev–Trinajstić information content (AvgIpc) is 3.02. The molecule has 0 aromatic carbocycles. The first-order chi connectivity index (χ1) is 25.1. The third-order valence-electron chi connectivity index (χ3n) is 14.0. The zero-order chi connectivity index (χ0) is 42.9. The van der Waals surface area contributed by atoms with Gasteiger partial charge in [0.25, 0.3) is 0 Å². The highest BCUT2D eigenvalue weighted by Crippen LogP contribution is 2.51. The Hall–Kier alpha value is -2.28. The van der Waals surface area contributed by atoms with Crippen LogP contribution in [0.1, 0.15) is 202 Å². The maximum atomic E-state index is 15.4. The zero-order valence-electron chi connectivity index (χ0n) is 38.5. The molecule has 4 aliphatic heterocycles. The van der Waals surface area contributed by atoms with Gasteiger partial charge in [-0.3, -0.25) is 0 Å². The van der Waals surface area contributed by atoms with Gasteiger partial charge in [0.2, 0.25) is 0 Å². The molecule has 0 radical (unpaired) electrons. The second kappa shape index (κ2) is 14.8. The molecule has 4 saturated heterocycles. The monoisotopic (exact) mass is 791 g/mol. The van der Waals surface area contributed by atoms with E-state index in [0.717, 1.165) is 77.0 Å². The highest BCUT2D eigenvalue weighted by atomic mass is 16.7. The third kappa shape index (κ3) is 8.29. The molecule has 0 saturated carbocycles. The molecule has 4 rings (SSSR count). The number of carbonyl (C=O) groups excluding carboxylic acids is 4. The van der Waals surface area contributed by atoms with E-state index in [9.17, 15) is 0 Å². The van der Waals surface area contributed by atoms with Crippen LogP contribution in [0.25, 0.3) is 0 Å². The Bertz CT molecular complexity index is 1250. The van der Waals surface area contributed by atoms with Crippen molar-refractivity contribution in [2.24, 2.45) is 10.8 Å². The van der Waals surface area contributed by atoms with Crippen LogP contribution in [0.15, 0.2) is 0 Å². The second-order valence-corrected chi connectivity index (χ2v) is 22.9. The predicted molar refractivity (Wildman–Crippen MR) is 216 cm³/mol. The fraction of sp³-hybridized carbons (Fsp3) is 0.909. The lowest BCUT2D eigenvalue weighted by atomic mass is 9.65. The van der Waals surface area contributed by atoms with Crippen molar-refractivity contribution in [3.05, 3.63) is 0 Å². The average molecular weight is 791 g/mol. The summed E-state index contributed by atoms with van der Waals surface area (Å²) in [6.07, 6.45) is 9.42. The number of rotatable bonds is 9. The zero-order valence-corrected chi connectivity index (χ0v) is 38.5. The minimum Gasteiger partial charge on any atom is -0.366 e. The van der Waals surface area contributed by atoms with Crippen LogP contribution in [0.3, 0.4) is 0 Å². The first-order valence-electron chi connectivity index (χ1n) is 21.2. The maximum absolute atomic E-state index is 15.4. The van der Waals surface area contributed by atoms with Gasteiger partial charge >= 0.3 is 23.9 Å². The van der Waals surface area contributed by atoms with Crippen LogP contribution in [0, 0.1) is 10.8 Å². The molecule has 0 aliphatic carbocycles. The summed E-state index contributed by atoms with van der Waals surface area (Å²) in [5, 5.41) is 6.54. The Kier molecular flexibility index (Phi) is 12.2. The number of hydrogen-bond donors (Lipinski definition) is 0. The van der Waals surface area contributed by atoms with E-state index in [-0.39, 0.29) is 0 Å². The molecule has 0 aromatic rings. The lowest BCUT2D eigenvalue weighted by molar-refractivity contribution is -0.305. The SMILES string of the molecule is CC1(C)CCCC(C)(C)N1OC(=O)C(C)(C(=O)ON1C(C)(C)CCCC1(C)C)C(C)(C(=O)ON1C(C)(C)CCCC1(C)C)C(=O)ON1C(C)(C)CCCC1(C)C. The van der Waals surface area contributed by atoms with Crippen molar-refractivity contribution >= 4 is 23.9 Å². The second-order valence-electron chi connectivity index (χ2n) is 22.9. The molecule has 0 spiro atoms. The predicted octanol–water partition coefficient (Wildman–Crippen LogP) is 9.00. The molecule has 0 unspecified atom stereocenters. The molecule has 0 aromatic heterocycles. The van der Waals surface area contributed by atoms with E-state index in [1.54, 1.807) is 20.3 Å². The van der Waals surface area contributed by atoms with Crippen LogP contribution in [0.5, 0.6) is 0 Å². The van der Waals surface area contributed by atoms with Gasteiger partial charge in [0.15, 0.2) is 10.8 Å². The van der Waals surface area contributed by atoms with Gasteiger partial charge in [-0.2, -0.15) is 0 Å². The molecule has 12 nitrogen and oxygen atoms in total. The van der Waals surface area contributed by atoms with Crippen LogP contribution in [0.2, 0.25) is 0 Å². The molecule has 12 heteroatoms. The Morgan fingerprint density at radius 2 is 0.446 bits per heavy atom. The number of piperidine rings is 4. The molecule has 4 heterocycles. The molecule has 0 atom stereocenters. The number of nitrogens with zero attached hydrogens (tertiary/aromatic N) is 4.